The minimum absolute atomic E-state index is 0.0195. The van der Waals surface area contributed by atoms with Crippen molar-refractivity contribution in [1.29, 1.82) is 0 Å². The van der Waals surface area contributed by atoms with E-state index in [1.54, 1.807) is 12.0 Å². The van der Waals surface area contributed by atoms with Gasteiger partial charge in [-0.3, -0.25) is 9.59 Å². The molecule has 1 aliphatic heterocycles. The third-order valence-electron chi connectivity index (χ3n) is 3.40. The zero-order valence-corrected chi connectivity index (χ0v) is 10.8. The van der Waals surface area contributed by atoms with Crippen molar-refractivity contribution in [3.8, 4) is 5.75 Å². The van der Waals surface area contributed by atoms with Gasteiger partial charge in [0.05, 0.1) is 19.4 Å². The summed E-state index contributed by atoms with van der Waals surface area (Å²) in [6.45, 7) is 0.857. The summed E-state index contributed by atoms with van der Waals surface area (Å²) in [7, 11) is 1.59. The highest BCUT2D eigenvalue weighted by Gasteiger charge is 2.30. The van der Waals surface area contributed by atoms with E-state index in [1.165, 1.54) is 0 Å². The van der Waals surface area contributed by atoms with E-state index in [0.717, 1.165) is 11.3 Å². The minimum Gasteiger partial charge on any atom is -0.497 e. The predicted molar refractivity (Wildman–Crippen MR) is 69.0 cm³/mol. The molecule has 1 fully saturated rings. The van der Waals surface area contributed by atoms with Crippen LogP contribution in [0.1, 0.15) is 12.0 Å². The smallest absolute Gasteiger partial charge is 0.308 e. The van der Waals surface area contributed by atoms with Crippen LogP contribution in [0.3, 0.4) is 0 Å². The molecule has 1 aromatic rings. The molecule has 0 aromatic heterocycles. The van der Waals surface area contributed by atoms with Crippen molar-refractivity contribution in [2.24, 2.45) is 5.92 Å². The molecular weight excluding hydrogens is 246 g/mol. The first-order chi connectivity index (χ1) is 9.10. The van der Waals surface area contributed by atoms with E-state index >= 15 is 0 Å². The number of aliphatic carboxylic acids is 1. The fourth-order valence-corrected chi connectivity index (χ4v) is 2.22. The quantitative estimate of drug-likeness (QED) is 0.885. The third-order valence-corrected chi connectivity index (χ3v) is 3.40. The Morgan fingerprint density at radius 2 is 2.05 bits per heavy atom. The number of benzene rings is 1. The fourth-order valence-electron chi connectivity index (χ4n) is 2.22. The monoisotopic (exact) mass is 263 g/mol. The Morgan fingerprint density at radius 1 is 1.37 bits per heavy atom. The topological polar surface area (TPSA) is 66.8 Å². The van der Waals surface area contributed by atoms with Crippen molar-refractivity contribution in [3.63, 3.8) is 0 Å². The van der Waals surface area contributed by atoms with Gasteiger partial charge in [-0.1, -0.05) is 12.1 Å². The number of ether oxygens (including phenoxy) is 1. The molecule has 1 atom stereocenters. The van der Waals surface area contributed by atoms with Crippen LogP contribution >= 0.6 is 0 Å². The van der Waals surface area contributed by atoms with Crippen LogP contribution in [-0.4, -0.2) is 42.1 Å². The zero-order chi connectivity index (χ0) is 13.8. The molecule has 102 valence electrons. The molecule has 5 heteroatoms. The highest BCUT2D eigenvalue weighted by molar-refractivity contribution is 5.80. The van der Waals surface area contributed by atoms with Crippen molar-refractivity contribution in [1.82, 2.24) is 4.90 Å². The van der Waals surface area contributed by atoms with Crippen molar-refractivity contribution in [2.75, 3.05) is 20.2 Å². The number of methoxy groups -OCH3 is 1. The first kappa shape index (κ1) is 13.4. The van der Waals surface area contributed by atoms with Gasteiger partial charge in [0.25, 0.3) is 0 Å². The minimum atomic E-state index is -0.820. The molecule has 1 saturated heterocycles. The molecule has 1 aliphatic rings. The van der Waals surface area contributed by atoms with Gasteiger partial charge in [-0.2, -0.15) is 0 Å². The molecule has 0 radical (unpaired) electrons. The summed E-state index contributed by atoms with van der Waals surface area (Å²) < 4.78 is 5.05. The molecule has 1 aromatic carbocycles. The summed E-state index contributed by atoms with van der Waals surface area (Å²) in [5.74, 6) is -0.503. The van der Waals surface area contributed by atoms with Crippen LogP contribution in [0.5, 0.6) is 5.75 Å². The maximum atomic E-state index is 12.0. The average molecular weight is 263 g/mol. The molecule has 0 bridgehead atoms. The van der Waals surface area contributed by atoms with E-state index in [0.29, 0.717) is 25.9 Å². The van der Waals surface area contributed by atoms with Crippen molar-refractivity contribution in [3.05, 3.63) is 29.8 Å². The second kappa shape index (κ2) is 5.73. The Balaban J connectivity index is 1.92. The van der Waals surface area contributed by atoms with Gasteiger partial charge in [0, 0.05) is 13.1 Å². The number of carbonyl (C=O) groups is 2. The van der Waals surface area contributed by atoms with E-state index in [9.17, 15) is 9.59 Å². The second-order valence-corrected chi connectivity index (χ2v) is 4.69. The number of carboxylic acid groups (broad SMARTS) is 1. The van der Waals surface area contributed by atoms with Crippen molar-refractivity contribution >= 4 is 11.9 Å². The van der Waals surface area contributed by atoms with Crippen LogP contribution < -0.4 is 4.74 Å². The van der Waals surface area contributed by atoms with Gasteiger partial charge in [-0.25, -0.2) is 0 Å². The summed E-state index contributed by atoms with van der Waals surface area (Å²) in [6.07, 6.45) is 0.847. The van der Waals surface area contributed by atoms with Gasteiger partial charge >= 0.3 is 5.97 Å². The largest absolute Gasteiger partial charge is 0.497 e. The number of rotatable bonds is 4. The normalized spacial score (nSPS) is 18.4. The summed E-state index contributed by atoms with van der Waals surface area (Å²) >= 11 is 0. The summed E-state index contributed by atoms with van der Waals surface area (Å²) in [5.41, 5.74) is 0.907. The molecule has 0 aliphatic carbocycles. The Labute approximate surface area is 111 Å². The number of likely N-dealkylation sites (tertiary alicyclic amines) is 1. The molecule has 1 heterocycles. The Morgan fingerprint density at radius 3 is 2.58 bits per heavy atom. The van der Waals surface area contributed by atoms with Crippen molar-refractivity contribution in [2.45, 2.75) is 12.8 Å². The highest BCUT2D eigenvalue weighted by Crippen LogP contribution is 2.18. The summed E-state index contributed by atoms with van der Waals surface area (Å²) in [6, 6.07) is 7.32. The van der Waals surface area contributed by atoms with Gasteiger partial charge in [0.1, 0.15) is 5.75 Å². The number of carbonyl (C=O) groups excluding carboxylic acids is 1. The number of carboxylic acids is 1. The SMILES string of the molecule is COc1ccc(CC(=O)N2CCC(C(=O)O)C2)cc1. The maximum Gasteiger partial charge on any atom is 0.308 e. The maximum absolute atomic E-state index is 12.0. The van der Waals surface area contributed by atoms with Crippen LogP contribution in [0.25, 0.3) is 0 Å². The van der Waals surface area contributed by atoms with Gasteiger partial charge in [0.15, 0.2) is 0 Å². The Kier molecular flexibility index (Phi) is 4.04. The lowest BCUT2D eigenvalue weighted by molar-refractivity contribution is -0.141. The summed E-state index contributed by atoms with van der Waals surface area (Å²) in [5, 5.41) is 8.91. The average Bonchev–Trinajstić information content (AvgIpc) is 2.89. The molecule has 1 amide bonds. The molecule has 19 heavy (non-hydrogen) atoms. The first-order valence-electron chi connectivity index (χ1n) is 6.23. The van der Waals surface area contributed by atoms with Crippen LogP contribution in [-0.2, 0) is 16.0 Å². The van der Waals surface area contributed by atoms with Crippen LogP contribution in [0, 0.1) is 5.92 Å². The third kappa shape index (κ3) is 3.24. The lowest BCUT2D eigenvalue weighted by Crippen LogP contribution is -2.31. The van der Waals surface area contributed by atoms with E-state index in [-0.39, 0.29) is 5.91 Å². The van der Waals surface area contributed by atoms with E-state index < -0.39 is 11.9 Å². The molecule has 0 spiro atoms. The van der Waals surface area contributed by atoms with Gasteiger partial charge in [-0.05, 0) is 24.1 Å². The Hall–Kier alpha value is -2.04. The van der Waals surface area contributed by atoms with Gasteiger partial charge in [0.2, 0.25) is 5.91 Å². The molecule has 5 nitrogen and oxygen atoms in total. The lowest BCUT2D eigenvalue weighted by Gasteiger charge is -2.15. The highest BCUT2D eigenvalue weighted by atomic mass is 16.5. The molecule has 2 rings (SSSR count). The molecular formula is C14H17NO4. The zero-order valence-electron chi connectivity index (χ0n) is 10.8. The molecule has 1 N–H and O–H groups in total. The van der Waals surface area contributed by atoms with Gasteiger partial charge in [-0.15, -0.1) is 0 Å². The van der Waals surface area contributed by atoms with E-state index in [4.69, 9.17) is 9.84 Å². The van der Waals surface area contributed by atoms with Crippen LogP contribution in [0.4, 0.5) is 0 Å². The predicted octanol–water partition coefficient (Wildman–Crippen LogP) is 1.17. The van der Waals surface area contributed by atoms with Gasteiger partial charge < -0.3 is 14.7 Å². The number of nitrogens with zero attached hydrogens (tertiary/aromatic N) is 1. The molecule has 1 unspecified atom stereocenters. The van der Waals surface area contributed by atoms with E-state index in [1.807, 2.05) is 24.3 Å². The Bertz CT molecular complexity index is 469. The standard InChI is InChI=1S/C14H17NO4/c1-19-12-4-2-10(3-5-12)8-13(16)15-7-6-11(9-15)14(17)18/h2-5,11H,6-9H2,1H3,(H,17,18). The number of hydrogen-bond acceptors (Lipinski definition) is 3. The summed E-state index contributed by atoms with van der Waals surface area (Å²) in [4.78, 5) is 24.5. The van der Waals surface area contributed by atoms with Crippen molar-refractivity contribution < 1.29 is 19.4 Å². The van der Waals surface area contributed by atoms with Crippen LogP contribution in [0.2, 0.25) is 0 Å². The second-order valence-electron chi connectivity index (χ2n) is 4.69. The van der Waals surface area contributed by atoms with Crippen LogP contribution in [0.15, 0.2) is 24.3 Å². The van der Waals surface area contributed by atoms with E-state index in [2.05, 4.69) is 0 Å². The lowest BCUT2D eigenvalue weighted by atomic mass is 10.1. The number of amides is 1. The number of hydrogen-bond donors (Lipinski definition) is 1. The first-order valence-corrected chi connectivity index (χ1v) is 6.23. The molecule has 0 saturated carbocycles. The fraction of sp³-hybridized carbons (Fsp3) is 0.429.